The number of halogens is 2. The summed E-state index contributed by atoms with van der Waals surface area (Å²) in [6.45, 7) is -0.815. The number of nitrogens with one attached hydrogen (secondary N) is 1. The fraction of sp³-hybridized carbons (Fsp3) is 0.167. The smallest absolute Gasteiger partial charge is 0.264 e. The standard InChI is InChI=1S/C24H19ClFN3O7S2/c1-37(31,32)35-14-17-13-29(38(33,34)18-5-2-4-15(10-18)12-27)21-11-16(8-9-22(21)36-17)28-24(30)23-19(25)6-3-7-20(23)26/h2-11,17H,13-14H2,1H3,(H,28,30). The maximum absolute atomic E-state index is 14.2. The Morgan fingerprint density at radius 2 is 1.92 bits per heavy atom. The van der Waals surface area contributed by atoms with Crippen LogP contribution >= 0.6 is 11.6 Å². The van der Waals surface area contributed by atoms with Gasteiger partial charge in [0, 0.05) is 5.69 Å². The van der Waals surface area contributed by atoms with Crippen LogP contribution < -0.4 is 14.4 Å². The van der Waals surface area contributed by atoms with E-state index < -0.39 is 44.6 Å². The van der Waals surface area contributed by atoms with Crippen LogP contribution in [-0.4, -0.2) is 48.3 Å². The Labute approximate surface area is 223 Å². The minimum absolute atomic E-state index is 0.0143. The molecule has 1 aliphatic rings. The van der Waals surface area contributed by atoms with Crippen molar-refractivity contribution in [1.82, 2.24) is 0 Å². The molecule has 1 N–H and O–H groups in total. The highest BCUT2D eigenvalue weighted by molar-refractivity contribution is 7.92. The van der Waals surface area contributed by atoms with Crippen LogP contribution in [0.2, 0.25) is 5.02 Å². The molecule has 1 atom stereocenters. The number of ether oxygens (including phenoxy) is 1. The highest BCUT2D eigenvalue weighted by atomic mass is 35.5. The van der Waals surface area contributed by atoms with Crippen molar-refractivity contribution in [1.29, 1.82) is 5.26 Å². The number of nitrogens with zero attached hydrogens (tertiary/aromatic N) is 2. The first-order valence-corrected chi connectivity index (χ1v) is 14.5. The Balaban J connectivity index is 1.74. The predicted molar refractivity (Wildman–Crippen MR) is 137 cm³/mol. The molecule has 3 aromatic rings. The number of carbonyl (C=O) groups excluding carboxylic acids is 1. The minimum Gasteiger partial charge on any atom is -0.484 e. The maximum Gasteiger partial charge on any atom is 0.264 e. The van der Waals surface area contributed by atoms with Gasteiger partial charge in [-0.2, -0.15) is 13.7 Å². The number of rotatable bonds is 7. The molecule has 0 fully saturated rings. The lowest BCUT2D eigenvalue weighted by Gasteiger charge is -2.35. The quantitative estimate of drug-likeness (QED) is 0.419. The zero-order chi connectivity index (χ0) is 27.7. The van der Waals surface area contributed by atoms with Crippen molar-refractivity contribution < 1.29 is 34.9 Å². The van der Waals surface area contributed by atoms with E-state index in [1.807, 2.05) is 6.07 Å². The SMILES string of the molecule is CS(=O)(=O)OCC1CN(S(=O)(=O)c2cccc(C#N)c2)c2cc(NC(=O)c3c(F)cccc3Cl)ccc2O1. The van der Waals surface area contributed by atoms with Gasteiger partial charge in [-0.3, -0.25) is 13.3 Å². The average molecular weight is 580 g/mol. The second-order valence-electron chi connectivity index (χ2n) is 8.14. The molecule has 10 nitrogen and oxygen atoms in total. The van der Waals surface area contributed by atoms with Crippen LogP contribution in [0.4, 0.5) is 15.8 Å². The van der Waals surface area contributed by atoms with E-state index in [-0.39, 0.29) is 44.7 Å². The van der Waals surface area contributed by atoms with Gasteiger partial charge in [-0.05, 0) is 48.5 Å². The molecule has 0 saturated carbocycles. The number of benzene rings is 3. The van der Waals surface area contributed by atoms with Crippen molar-refractivity contribution in [2.24, 2.45) is 0 Å². The van der Waals surface area contributed by atoms with Crippen LogP contribution in [-0.2, 0) is 24.3 Å². The van der Waals surface area contributed by atoms with Crippen LogP contribution in [0, 0.1) is 17.1 Å². The molecule has 1 unspecified atom stereocenters. The second kappa shape index (κ2) is 10.6. The van der Waals surface area contributed by atoms with E-state index in [1.54, 1.807) is 0 Å². The van der Waals surface area contributed by atoms with Crippen LogP contribution in [0.3, 0.4) is 0 Å². The van der Waals surface area contributed by atoms with E-state index in [0.717, 1.165) is 16.6 Å². The molecular weight excluding hydrogens is 561 g/mol. The Morgan fingerprint density at radius 1 is 1.18 bits per heavy atom. The molecule has 0 spiro atoms. The first-order valence-electron chi connectivity index (χ1n) is 10.8. The van der Waals surface area contributed by atoms with Gasteiger partial charge >= 0.3 is 0 Å². The second-order valence-corrected chi connectivity index (χ2v) is 12.1. The Hall–Kier alpha value is -3.70. The van der Waals surface area contributed by atoms with Gasteiger partial charge in [0.05, 0.1) is 45.6 Å². The molecule has 0 bridgehead atoms. The maximum atomic E-state index is 14.2. The first kappa shape index (κ1) is 27.3. The molecule has 14 heteroatoms. The lowest BCUT2D eigenvalue weighted by atomic mass is 10.1. The molecule has 0 saturated heterocycles. The summed E-state index contributed by atoms with van der Waals surface area (Å²) in [5, 5.41) is 11.6. The molecule has 0 radical (unpaired) electrons. The van der Waals surface area contributed by atoms with Gasteiger partial charge in [0.2, 0.25) is 0 Å². The van der Waals surface area contributed by atoms with Gasteiger partial charge in [-0.1, -0.05) is 23.7 Å². The largest absolute Gasteiger partial charge is 0.484 e. The van der Waals surface area contributed by atoms with E-state index in [1.165, 1.54) is 54.6 Å². The van der Waals surface area contributed by atoms with Crippen molar-refractivity contribution >= 4 is 49.0 Å². The van der Waals surface area contributed by atoms with Crippen molar-refractivity contribution in [3.63, 3.8) is 0 Å². The van der Waals surface area contributed by atoms with Crippen molar-refractivity contribution in [2.45, 2.75) is 11.0 Å². The summed E-state index contributed by atoms with van der Waals surface area (Å²) in [5.41, 5.74) is -0.160. The molecule has 4 rings (SSSR count). The Kier molecular flexibility index (Phi) is 7.61. The molecule has 38 heavy (non-hydrogen) atoms. The van der Waals surface area contributed by atoms with Gasteiger partial charge < -0.3 is 10.1 Å². The van der Waals surface area contributed by atoms with E-state index in [4.69, 9.17) is 20.5 Å². The van der Waals surface area contributed by atoms with Crippen molar-refractivity contribution in [2.75, 3.05) is 29.0 Å². The molecule has 3 aromatic carbocycles. The first-order chi connectivity index (χ1) is 17.9. The third-order valence-electron chi connectivity index (χ3n) is 5.36. The predicted octanol–water partition coefficient (Wildman–Crippen LogP) is 3.54. The Morgan fingerprint density at radius 3 is 2.61 bits per heavy atom. The summed E-state index contributed by atoms with van der Waals surface area (Å²) < 4.78 is 76.0. The van der Waals surface area contributed by atoms with Crippen LogP contribution in [0.5, 0.6) is 5.75 Å². The lowest BCUT2D eigenvalue weighted by molar-refractivity contribution is 0.102. The van der Waals surface area contributed by atoms with Gasteiger partial charge in [0.25, 0.3) is 26.0 Å². The molecule has 1 amide bonds. The van der Waals surface area contributed by atoms with Gasteiger partial charge in [-0.15, -0.1) is 0 Å². The van der Waals surface area contributed by atoms with Gasteiger partial charge in [-0.25, -0.2) is 12.8 Å². The van der Waals surface area contributed by atoms with E-state index >= 15 is 0 Å². The van der Waals surface area contributed by atoms with Crippen LogP contribution in [0.25, 0.3) is 0 Å². The normalized spacial score (nSPS) is 15.2. The number of nitriles is 1. The van der Waals surface area contributed by atoms with Gasteiger partial charge in [0.1, 0.15) is 24.3 Å². The number of fused-ring (bicyclic) bond motifs is 1. The molecule has 1 aliphatic heterocycles. The van der Waals surface area contributed by atoms with E-state index in [9.17, 15) is 31.3 Å². The third kappa shape index (κ3) is 5.89. The average Bonchev–Trinajstić information content (AvgIpc) is 2.86. The lowest BCUT2D eigenvalue weighted by Crippen LogP contribution is -2.45. The summed E-state index contributed by atoms with van der Waals surface area (Å²) in [5.74, 6) is -1.65. The Bertz CT molecular complexity index is 1650. The monoisotopic (exact) mass is 579 g/mol. The molecule has 0 aromatic heterocycles. The number of anilines is 2. The molecular formula is C24H19ClFN3O7S2. The molecule has 0 aliphatic carbocycles. The van der Waals surface area contributed by atoms with Crippen molar-refractivity contribution in [3.05, 3.63) is 82.6 Å². The fourth-order valence-electron chi connectivity index (χ4n) is 3.67. The fourth-order valence-corrected chi connectivity index (χ4v) is 5.86. The zero-order valence-corrected chi connectivity index (χ0v) is 22.0. The zero-order valence-electron chi connectivity index (χ0n) is 19.6. The summed E-state index contributed by atoms with van der Waals surface area (Å²) in [7, 11) is -8.14. The van der Waals surface area contributed by atoms with Gasteiger partial charge in [0.15, 0.2) is 0 Å². The number of hydrogen-bond acceptors (Lipinski definition) is 8. The molecule has 198 valence electrons. The molecule has 1 heterocycles. The number of carbonyl (C=O) groups is 1. The topological polar surface area (TPSA) is 143 Å². The third-order valence-corrected chi connectivity index (χ3v) is 8.01. The highest BCUT2D eigenvalue weighted by Gasteiger charge is 2.36. The van der Waals surface area contributed by atoms with Crippen LogP contribution in [0.1, 0.15) is 15.9 Å². The summed E-state index contributed by atoms with van der Waals surface area (Å²) in [6.07, 6.45) is -0.161. The van der Waals surface area contributed by atoms with Crippen molar-refractivity contribution in [3.8, 4) is 11.8 Å². The summed E-state index contributed by atoms with van der Waals surface area (Å²) in [4.78, 5) is 12.5. The number of hydrogen-bond donors (Lipinski definition) is 1. The minimum atomic E-state index is -4.30. The van der Waals surface area contributed by atoms with Crippen LogP contribution in [0.15, 0.2) is 65.6 Å². The summed E-state index contributed by atoms with van der Waals surface area (Å²) >= 11 is 5.97. The van der Waals surface area contributed by atoms with E-state index in [2.05, 4.69) is 5.32 Å². The highest BCUT2D eigenvalue weighted by Crippen LogP contribution is 2.39. The van der Waals surface area contributed by atoms with E-state index in [0.29, 0.717) is 0 Å². The summed E-state index contributed by atoms with van der Waals surface area (Å²) in [6, 6.07) is 15.1. The number of amides is 1. The number of sulfonamides is 1.